The van der Waals surface area contributed by atoms with Crippen LogP contribution in [0.2, 0.25) is 0 Å². The molecule has 0 heterocycles. The summed E-state index contributed by atoms with van der Waals surface area (Å²) in [4.78, 5) is 37.4. The molecule has 0 radical (unpaired) electrons. The fourth-order valence-electron chi connectivity index (χ4n) is 6.98. The fraction of sp³-hybridized carbons (Fsp3) is 0.936. The number of hydrogen-bond acceptors (Lipinski definition) is 6. The van der Waals surface area contributed by atoms with Crippen molar-refractivity contribution in [3.05, 3.63) is 0 Å². The van der Waals surface area contributed by atoms with Crippen molar-refractivity contribution in [1.82, 2.24) is 0 Å². The molecule has 0 aromatic carbocycles. The monoisotopic (exact) mass is 751 g/mol. The summed E-state index contributed by atoms with van der Waals surface area (Å²) in [6.07, 6.45) is 41.3. The summed E-state index contributed by atoms with van der Waals surface area (Å²) in [6.45, 7) is 8.89. The van der Waals surface area contributed by atoms with E-state index in [4.69, 9.17) is 14.2 Å². The quantitative estimate of drug-likeness (QED) is 0.0351. The maximum Gasteiger partial charge on any atom is 0.306 e. The van der Waals surface area contributed by atoms with Crippen LogP contribution in [-0.2, 0) is 28.6 Å². The van der Waals surface area contributed by atoms with E-state index < -0.39 is 6.10 Å². The van der Waals surface area contributed by atoms with Crippen molar-refractivity contribution in [2.45, 2.75) is 265 Å². The summed E-state index contributed by atoms with van der Waals surface area (Å²) in [5.41, 5.74) is 0. The van der Waals surface area contributed by atoms with Gasteiger partial charge in [-0.05, 0) is 25.2 Å². The van der Waals surface area contributed by atoms with Gasteiger partial charge in [-0.3, -0.25) is 14.4 Å². The first-order valence-corrected chi connectivity index (χ1v) is 23.4. The Balaban J connectivity index is 4.06. The average Bonchev–Trinajstić information content (AvgIpc) is 3.14. The van der Waals surface area contributed by atoms with E-state index in [2.05, 4.69) is 27.7 Å². The largest absolute Gasteiger partial charge is 0.462 e. The Labute approximate surface area is 329 Å². The molecule has 0 aromatic rings. The molecule has 6 heteroatoms. The Kier molecular flexibility index (Phi) is 40.3. The fourth-order valence-corrected chi connectivity index (χ4v) is 6.98. The van der Waals surface area contributed by atoms with Gasteiger partial charge < -0.3 is 14.2 Å². The molecular formula is C47H90O6. The molecule has 6 nitrogen and oxygen atoms in total. The maximum atomic E-state index is 12.5. The van der Waals surface area contributed by atoms with Gasteiger partial charge in [-0.1, -0.05) is 220 Å². The number of esters is 3. The summed E-state index contributed by atoms with van der Waals surface area (Å²) >= 11 is 0. The summed E-state index contributed by atoms with van der Waals surface area (Å²) in [6, 6.07) is 0. The molecule has 0 fully saturated rings. The third-order valence-corrected chi connectivity index (χ3v) is 10.5. The molecule has 0 saturated carbocycles. The number of hydrogen-bond donors (Lipinski definition) is 0. The van der Waals surface area contributed by atoms with Gasteiger partial charge in [-0.2, -0.15) is 0 Å². The highest BCUT2D eigenvalue weighted by Crippen LogP contribution is 2.16. The van der Waals surface area contributed by atoms with Gasteiger partial charge in [0.05, 0.1) is 0 Å². The molecule has 314 valence electrons. The first-order valence-electron chi connectivity index (χ1n) is 23.4. The molecule has 0 unspecified atom stereocenters. The first kappa shape index (κ1) is 51.4. The van der Waals surface area contributed by atoms with Crippen LogP contribution in [0.1, 0.15) is 259 Å². The molecule has 1 atom stereocenters. The van der Waals surface area contributed by atoms with E-state index in [-0.39, 0.29) is 31.1 Å². The summed E-state index contributed by atoms with van der Waals surface area (Å²) in [5.74, 6) is -0.0734. The van der Waals surface area contributed by atoms with Crippen molar-refractivity contribution in [2.24, 2.45) is 5.92 Å². The summed E-state index contributed by atoms with van der Waals surface area (Å²) in [7, 11) is 0. The second-order valence-electron chi connectivity index (χ2n) is 16.5. The minimum atomic E-state index is -0.758. The van der Waals surface area contributed by atoms with Crippen molar-refractivity contribution in [3.8, 4) is 0 Å². The Morgan fingerprint density at radius 1 is 0.358 bits per heavy atom. The van der Waals surface area contributed by atoms with Crippen LogP contribution in [0.15, 0.2) is 0 Å². The number of carbonyl (C=O) groups excluding carboxylic acids is 3. The van der Waals surface area contributed by atoms with Gasteiger partial charge in [0.25, 0.3) is 0 Å². The van der Waals surface area contributed by atoms with Crippen LogP contribution in [-0.4, -0.2) is 37.2 Å². The van der Waals surface area contributed by atoms with Crippen molar-refractivity contribution >= 4 is 17.9 Å². The van der Waals surface area contributed by atoms with Crippen molar-refractivity contribution in [1.29, 1.82) is 0 Å². The second kappa shape index (κ2) is 41.6. The third-order valence-electron chi connectivity index (χ3n) is 10.5. The molecule has 0 aliphatic carbocycles. The molecule has 0 bridgehead atoms. The topological polar surface area (TPSA) is 78.9 Å². The lowest BCUT2D eigenvalue weighted by molar-refractivity contribution is -0.167. The normalized spacial score (nSPS) is 11.9. The van der Waals surface area contributed by atoms with Crippen LogP contribution in [0.5, 0.6) is 0 Å². The smallest absolute Gasteiger partial charge is 0.306 e. The Bertz CT molecular complexity index is 796. The zero-order valence-corrected chi connectivity index (χ0v) is 36.0. The van der Waals surface area contributed by atoms with Crippen LogP contribution in [0.25, 0.3) is 0 Å². The second-order valence-corrected chi connectivity index (χ2v) is 16.5. The van der Waals surface area contributed by atoms with E-state index in [0.717, 1.165) is 70.1 Å². The van der Waals surface area contributed by atoms with Gasteiger partial charge >= 0.3 is 17.9 Å². The summed E-state index contributed by atoms with van der Waals surface area (Å²) < 4.78 is 16.6. The van der Waals surface area contributed by atoms with Crippen LogP contribution in [0.3, 0.4) is 0 Å². The molecule has 0 amide bonds. The zero-order chi connectivity index (χ0) is 38.9. The Hall–Kier alpha value is -1.59. The van der Waals surface area contributed by atoms with Crippen molar-refractivity contribution in [2.75, 3.05) is 13.2 Å². The molecule has 53 heavy (non-hydrogen) atoms. The van der Waals surface area contributed by atoms with Crippen LogP contribution >= 0.6 is 0 Å². The molecule has 0 aliphatic heterocycles. The average molecular weight is 751 g/mol. The van der Waals surface area contributed by atoms with Crippen LogP contribution in [0, 0.1) is 5.92 Å². The molecular weight excluding hydrogens is 661 g/mol. The van der Waals surface area contributed by atoms with Gasteiger partial charge in [0.2, 0.25) is 0 Å². The number of rotatable bonds is 42. The van der Waals surface area contributed by atoms with E-state index in [0.29, 0.717) is 19.3 Å². The number of carbonyl (C=O) groups is 3. The highest BCUT2D eigenvalue weighted by molar-refractivity contribution is 5.71. The van der Waals surface area contributed by atoms with E-state index in [9.17, 15) is 14.4 Å². The van der Waals surface area contributed by atoms with E-state index in [1.807, 2.05) is 0 Å². The van der Waals surface area contributed by atoms with Gasteiger partial charge in [0.15, 0.2) is 6.10 Å². The molecule has 0 spiro atoms. The molecule has 0 rings (SSSR count). The molecule has 0 N–H and O–H groups in total. The third kappa shape index (κ3) is 41.4. The van der Waals surface area contributed by atoms with Gasteiger partial charge in [-0.25, -0.2) is 0 Å². The predicted molar refractivity (Wildman–Crippen MR) is 224 cm³/mol. The lowest BCUT2D eigenvalue weighted by Crippen LogP contribution is -2.30. The van der Waals surface area contributed by atoms with E-state index in [1.165, 1.54) is 148 Å². The minimum Gasteiger partial charge on any atom is -0.462 e. The van der Waals surface area contributed by atoms with Crippen LogP contribution in [0.4, 0.5) is 0 Å². The highest BCUT2D eigenvalue weighted by Gasteiger charge is 2.19. The lowest BCUT2D eigenvalue weighted by atomic mass is 10.0. The van der Waals surface area contributed by atoms with E-state index in [1.54, 1.807) is 0 Å². The predicted octanol–water partition coefficient (Wildman–Crippen LogP) is 14.7. The standard InChI is InChI=1S/C47H90O6/c1-5-7-9-11-12-13-14-15-16-17-18-19-20-21-22-23-27-31-34-38-45(48)51-41-44(53-47(50)40-36-29-10-8-6-2)42-52-46(49)39-35-32-28-25-24-26-30-33-37-43(3)4/h43-44H,5-42H2,1-4H3/t44-/m0/s1. The SMILES string of the molecule is CCCCCCCCCCCCCCCCCCCCCC(=O)OC[C@@H](COC(=O)CCCCCCCCCCC(C)C)OC(=O)CCCCCCC. The molecule has 0 aromatic heterocycles. The van der Waals surface area contributed by atoms with Crippen molar-refractivity contribution < 1.29 is 28.6 Å². The summed E-state index contributed by atoms with van der Waals surface area (Å²) in [5, 5.41) is 0. The van der Waals surface area contributed by atoms with Crippen molar-refractivity contribution in [3.63, 3.8) is 0 Å². The molecule has 0 aliphatic rings. The number of ether oxygens (including phenoxy) is 3. The van der Waals surface area contributed by atoms with E-state index >= 15 is 0 Å². The minimum absolute atomic E-state index is 0.0655. The maximum absolute atomic E-state index is 12.5. The van der Waals surface area contributed by atoms with Gasteiger partial charge in [0.1, 0.15) is 13.2 Å². The Morgan fingerprint density at radius 2 is 0.623 bits per heavy atom. The van der Waals surface area contributed by atoms with Crippen LogP contribution < -0.4 is 0 Å². The Morgan fingerprint density at radius 3 is 0.925 bits per heavy atom. The van der Waals surface area contributed by atoms with Gasteiger partial charge in [-0.15, -0.1) is 0 Å². The zero-order valence-electron chi connectivity index (χ0n) is 36.0. The highest BCUT2D eigenvalue weighted by atomic mass is 16.6. The lowest BCUT2D eigenvalue weighted by Gasteiger charge is -2.18. The molecule has 0 saturated heterocycles. The van der Waals surface area contributed by atoms with Gasteiger partial charge in [0, 0.05) is 19.3 Å². The number of unbranched alkanes of at least 4 members (excludes halogenated alkanes) is 29. The first-order chi connectivity index (χ1) is 25.9.